The fourth-order valence-corrected chi connectivity index (χ4v) is 3.16. The number of rotatable bonds is 2. The van der Waals surface area contributed by atoms with Crippen molar-refractivity contribution in [2.75, 3.05) is 19.6 Å². The van der Waals surface area contributed by atoms with Gasteiger partial charge in [-0.3, -0.25) is 0 Å². The van der Waals surface area contributed by atoms with Gasteiger partial charge in [0.15, 0.2) is 0 Å². The Balaban J connectivity index is 1.91. The maximum atomic E-state index is 12.0. The second kappa shape index (κ2) is 3.70. The van der Waals surface area contributed by atoms with E-state index >= 15 is 0 Å². The minimum Gasteiger partial charge on any atom is -0.385 e. The zero-order valence-electron chi connectivity index (χ0n) is 10.3. The van der Waals surface area contributed by atoms with Gasteiger partial charge in [0, 0.05) is 13.1 Å². The molecule has 3 rings (SSSR count). The van der Waals surface area contributed by atoms with Crippen LogP contribution in [0, 0.1) is 11.8 Å². The zero-order chi connectivity index (χ0) is 12.0. The summed E-state index contributed by atoms with van der Waals surface area (Å²) in [5, 5.41) is 3.36. The van der Waals surface area contributed by atoms with Crippen LogP contribution < -0.4 is 11.1 Å². The molecule has 17 heavy (non-hydrogen) atoms. The van der Waals surface area contributed by atoms with E-state index in [1.807, 2.05) is 4.90 Å². The SMILES string of the molecule is CC1CNCCC12C(N)=NC(=O)N2CC1CC1. The van der Waals surface area contributed by atoms with Crippen LogP contribution in [0.25, 0.3) is 0 Å². The summed E-state index contributed by atoms with van der Waals surface area (Å²) in [5.74, 6) is 1.56. The van der Waals surface area contributed by atoms with Gasteiger partial charge in [0.2, 0.25) is 0 Å². The molecule has 0 aromatic carbocycles. The highest BCUT2D eigenvalue weighted by atomic mass is 16.2. The molecule has 2 aliphatic heterocycles. The number of piperidine rings is 1. The zero-order valence-corrected chi connectivity index (χ0v) is 10.3. The van der Waals surface area contributed by atoms with Crippen molar-refractivity contribution in [2.24, 2.45) is 22.6 Å². The van der Waals surface area contributed by atoms with Gasteiger partial charge < -0.3 is 16.0 Å². The Hall–Kier alpha value is -1.10. The van der Waals surface area contributed by atoms with E-state index in [1.54, 1.807) is 0 Å². The number of carbonyl (C=O) groups is 1. The number of amidine groups is 1. The second-order valence-corrected chi connectivity index (χ2v) is 5.61. The summed E-state index contributed by atoms with van der Waals surface area (Å²) >= 11 is 0. The number of aliphatic imine (C=N–C) groups is 1. The van der Waals surface area contributed by atoms with Gasteiger partial charge in [-0.2, -0.15) is 4.99 Å². The third-order valence-corrected chi connectivity index (χ3v) is 4.46. The lowest BCUT2D eigenvalue weighted by molar-refractivity contribution is 0.106. The van der Waals surface area contributed by atoms with Crippen molar-refractivity contribution < 1.29 is 4.79 Å². The Kier molecular flexibility index (Phi) is 2.40. The van der Waals surface area contributed by atoms with Crippen molar-refractivity contribution in [1.82, 2.24) is 10.2 Å². The van der Waals surface area contributed by atoms with Crippen molar-refractivity contribution in [2.45, 2.75) is 31.7 Å². The second-order valence-electron chi connectivity index (χ2n) is 5.61. The molecule has 2 unspecified atom stereocenters. The van der Waals surface area contributed by atoms with Gasteiger partial charge in [-0.05, 0) is 37.6 Å². The quantitative estimate of drug-likeness (QED) is 0.736. The molecule has 1 aliphatic carbocycles. The summed E-state index contributed by atoms with van der Waals surface area (Å²) in [5.41, 5.74) is 5.77. The lowest BCUT2D eigenvalue weighted by atomic mass is 9.77. The summed E-state index contributed by atoms with van der Waals surface area (Å²) in [6, 6.07) is -0.122. The van der Waals surface area contributed by atoms with Crippen LogP contribution in [0.5, 0.6) is 0 Å². The minimum atomic E-state index is -0.301. The predicted octanol–water partition coefficient (Wildman–Crippen LogP) is 0.557. The number of carbonyl (C=O) groups excluding carboxylic acids is 1. The van der Waals surface area contributed by atoms with Crippen molar-refractivity contribution >= 4 is 11.9 Å². The van der Waals surface area contributed by atoms with Crippen molar-refractivity contribution in [3.63, 3.8) is 0 Å². The Bertz CT molecular complexity index is 377. The molecule has 1 spiro atoms. The summed E-state index contributed by atoms with van der Waals surface area (Å²) < 4.78 is 0. The molecule has 0 aromatic rings. The smallest absolute Gasteiger partial charge is 0.346 e. The normalized spacial score (nSPS) is 37.7. The van der Waals surface area contributed by atoms with Gasteiger partial charge in [-0.25, -0.2) is 4.79 Å². The molecule has 0 radical (unpaired) electrons. The van der Waals surface area contributed by atoms with Gasteiger partial charge in [-0.1, -0.05) is 6.92 Å². The summed E-state index contributed by atoms with van der Waals surface area (Å²) in [7, 11) is 0. The standard InChI is InChI=1S/C12H20N4O/c1-8-6-14-5-4-12(8)10(13)15-11(17)16(12)7-9-2-3-9/h8-9,14H,2-7H2,1H3,(H2,13,15,17). The first-order valence-corrected chi connectivity index (χ1v) is 6.51. The van der Waals surface area contributed by atoms with Crippen molar-refractivity contribution in [1.29, 1.82) is 0 Å². The molecule has 2 atom stereocenters. The highest BCUT2D eigenvalue weighted by Crippen LogP contribution is 2.40. The number of urea groups is 1. The van der Waals surface area contributed by atoms with E-state index in [1.165, 1.54) is 12.8 Å². The minimum absolute atomic E-state index is 0.122. The fourth-order valence-electron chi connectivity index (χ4n) is 3.16. The van der Waals surface area contributed by atoms with Crippen LogP contribution in [0.1, 0.15) is 26.2 Å². The molecule has 2 fully saturated rings. The Morgan fingerprint density at radius 3 is 3.00 bits per heavy atom. The monoisotopic (exact) mass is 236 g/mol. The number of nitrogens with two attached hydrogens (primary N) is 1. The molecular formula is C12H20N4O. The lowest BCUT2D eigenvalue weighted by Crippen LogP contribution is -2.64. The van der Waals surface area contributed by atoms with E-state index < -0.39 is 0 Å². The Morgan fingerprint density at radius 2 is 2.35 bits per heavy atom. The van der Waals surface area contributed by atoms with Gasteiger partial charge in [-0.15, -0.1) is 0 Å². The van der Waals surface area contributed by atoms with Crippen LogP contribution in [-0.4, -0.2) is 41.9 Å². The van der Waals surface area contributed by atoms with E-state index in [4.69, 9.17) is 5.73 Å². The van der Waals surface area contributed by atoms with E-state index in [2.05, 4.69) is 17.2 Å². The average Bonchev–Trinajstić information content (AvgIpc) is 3.07. The lowest BCUT2D eigenvalue weighted by Gasteiger charge is -2.45. The molecule has 1 saturated heterocycles. The molecule has 5 nitrogen and oxygen atoms in total. The molecule has 94 valence electrons. The van der Waals surface area contributed by atoms with Gasteiger partial charge in [0.25, 0.3) is 0 Å². The predicted molar refractivity (Wildman–Crippen MR) is 65.8 cm³/mol. The average molecular weight is 236 g/mol. The largest absolute Gasteiger partial charge is 0.385 e. The molecule has 3 N–H and O–H groups in total. The number of nitrogens with zero attached hydrogens (tertiary/aromatic N) is 2. The maximum Gasteiger partial charge on any atom is 0.346 e. The van der Waals surface area contributed by atoms with E-state index in [0.29, 0.717) is 17.7 Å². The fraction of sp³-hybridized carbons (Fsp3) is 0.833. The highest BCUT2D eigenvalue weighted by molar-refractivity contribution is 6.06. The first kappa shape index (κ1) is 11.0. The van der Waals surface area contributed by atoms with Crippen LogP contribution in [0.2, 0.25) is 0 Å². The highest BCUT2D eigenvalue weighted by Gasteiger charge is 2.53. The molecule has 1 saturated carbocycles. The maximum absolute atomic E-state index is 12.0. The van der Waals surface area contributed by atoms with Gasteiger partial charge in [0.1, 0.15) is 11.4 Å². The number of hydrogen-bond donors (Lipinski definition) is 2. The summed E-state index contributed by atoms with van der Waals surface area (Å²) in [4.78, 5) is 18.0. The summed E-state index contributed by atoms with van der Waals surface area (Å²) in [6.07, 6.45) is 3.38. The third kappa shape index (κ3) is 1.56. The molecule has 3 aliphatic rings. The van der Waals surface area contributed by atoms with Gasteiger partial charge in [0.05, 0.1) is 0 Å². The van der Waals surface area contributed by atoms with Crippen molar-refractivity contribution in [3.8, 4) is 0 Å². The third-order valence-electron chi connectivity index (χ3n) is 4.46. The molecule has 5 heteroatoms. The Labute approximate surface area is 101 Å². The van der Waals surface area contributed by atoms with Crippen LogP contribution in [0.4, 0.5) is 4.79 Å². The number of nitrogens with one attached hydrogen (secondary N) is 1. The van der Waals surface area contributed by atoms with Crippen LogP contribution in [-0.2, 0) is 0 Å². The first-order chi connectivity index (χ1) is 8.14. The van der Waals surface area contributed by atoms with E-state index in [-0.39, 0.29) is 11.6 Å². The summed E-state index contributed by atoms with van der Waals surface area (Å²) in [6.45, 7) is 4.82. The van der Waals surface area contributed by atoms with Gasteiger partial charge >= 0.3 is 6.03 Å². The molecular weight excluding hydrogens is 216 g/mol. The van der Waals surface area contributed by atoms with Crippen LogP contribution in [0.15, 0.2) is 4.99 Å². The molecule has 0 bridgehead atoms. The van der Waals surface area contributed by atoms with Crippen molar-refractivity contribution in [3.05, 3.63) is 0 Å². The number of amides is 2. The van der Waals surface area contributed by atoms with Crippen LogP contribution >= 0.6 is 0 Å². The van der Waals surface area contributed by atoms with E-state index in [9.17, 15) is 4.79 Å². The van der Waals surface area contributed by atoms with E-state index in [0.717, 1.165) is 26.1 Å². The molecule has 2 heterocycles. The molecule has 2 amide bonds. The Morgan fingerprint density at radius 1 is 1.59 bits per heavy atom. The van der Waals surface area contributed by atoms with Crippen LogP contribution in [0.3, 0.4) is 0 Å². The number of hydrogen-bond acceptors (Lipinski definition) is 3. The topological polar surface area (TPSA) is 70.7 Å². The first-order valence-electron chi connectivity index (χ1n) is 6.51. The molecule has 0 aromatic heterocycles.